The molecular formula is C14H8CaCl2O6. The monoisotopic (exact) mass is 382 g/mol. The maximum Gasteiger partial charge on any atom is 2.00 e. The molecule has 116 valence electrons. The molecule has 0 atom stereocenters. The molecule has 0 aliphatic rings. The van der Waals surface area contributed by atoms with Crippen molar-refractivity contribution in [1.82, 2.24) is 0 Å². The Labute approximate surface area is 170 Å². The van der Waals surface area contributed by atoms with Gasteiger partial charge in [-0.3, -0.25) is 0 Å². The SMILES string of the molecule is O=C(O)c1cc(Cl)ccc1[O-].O=C(O)c1cc(Cl)ccc1[O-].[Ca+2]. The van der Waals surface area contributed by atoms with E-state index in [1.165, 1.54) is 12.1 Å². The molecule has 6 nitrogen and oxygen atoms in total. The normalized spacial score (nSPS) is 9.13. The molecule has 0 aliphatic heterocycles. The molecular weight excluding hydrogens is 375 g/mol. The Balaban J connectivity index is 0.000000403. The summed E-state index contributed by atoms with van der Waals surface area (Å²) >= 11 is 10.9. The molecule has 2 aromatic rings. The molecule has 0 heterocycles. The van der Waals surface area contributed by atoms with Crippen molar-refractivity contribution in [3.63, 3.8) is 0 Å². The summed E-state index contributed by atoms with van der Waals surface area (Å²) < 4.78 is 0. The van der Waals surface area contributed by atoms with Crippen LogP contribution in [0.3, 0.4) is 0 Å². The number of halogens is 2. The van der Waals surface area contributed by atoms with Gasteiger partial charge in [0, 0.05) is 10.0 Å². The molecule has 0 radical (unpaired) electrons. The Bertz CT molecular complexity index is 659. The van der Waals surface area contributed by atoms with E-state index < -0.39 is 23.4 Å². The van der Waals surface area contributed by atoms with Gasteiger partial charge in [-0.05, 0) is 24.3 Å². The first-order valence-electron chi connectivity index (χ1n) is 5.62. The average Bonchev–Trinajstić information content (AvgIpc) is 2.44. The van der Waals surface area contributed by atoms with Crippen LogP contribution in [0.4, 0.5) is 0 Å². The van der Waals surface area contributed by atoms with E-state index in [9.17, 15) is 19.8 Å². The van der Waals surface area contributed by atoms with Crippen molar-refractivity contribution in [2.24, 2.45) is 0 Å². The van der Waals surface area contributed by atoms with Crippen LogP contribution in [0.1, 0.15) is 20.7 Å². The number of carboxylic acid groups (broad SMARTS) is 2. The number of rotatable bonds is 2. The van der Waals surface area contributed by atoms with Crippen LogP contribution >= 0.6 is 23.2 Å². The molecule has 0 amide bonds. The van der Waals surface area contributed by atoms with Gasteiger partial charge in [0.2, 0.25) is 0 Å². The van der Waals surface area contributed by atoms with Crippen LogP contribution in [-0.2, 0) is 0 Å². The Morgan fingerprint density at radius 3 is 1.30 bits per heavy atom. The van der Waals surface area contributed by atoms with E-state index in [2.05, 4.69) is 0 Å². The summed E-state index contributed by atoms with van der Waals surface area (Å²) in [6.07, 6.45) is 0. The van der Waals surface area contributed by atoms with E-state index in [-0.39, 0.29) is 58.9 Å². The topological polar surface area (TPSA) is 121 Å². The molecule has 0 spiro atoms. The summed E-state index contributed by atoms with van der Waals surface area (Å²) in [4.78, 5) is 20.6. The zero-order valence-corrected chi connectivity index (χ0v) is 15.2. The van der Waals surface area contributed by atoms with Gasteiger partial charge in [0.1, 0.15) is 0 Å². The van der Waals surface area contributed by atoms with E-state index in [1.807, 2.05) is 0 Å². The van der Waals surface area contributed by atoms with Crippen molar-refractivity contribution >= 4 is 72.9 Å². The second-order valence-electron chi connectivity index (χ2n) is 3.89. The fourth-order valence-corrected chi connectivity index (χ4v) is 1.68. The van der Waals surface area contributed by atoms with Crippen LogP contribution in [0.25, 0.3) is 0 Å². The number of hydrogen-bond acceptors (Lipinski definition) is 4. The Kier molecular flexibility index (Phi) is 9.34. The fourth-order valence-electron chi connectivity index (χ4n) is 1.34. The fraction of sp³-hybridized carbons (Fsp3) is 0. The molecule has 0 bridgehead atoms. The zero-order chi connectivity index (χ0) is 16.9. The van der Waals surface area contributed by atoms with Crippen molar-refractivity contribution < 1.29 is 30.0 Å². The summed E-state index contributed by atoms with van der Waals surface area (Å²) in [5.74, 6) is -3.56. The number of aromatic carboxylic acids is 2. The standard InChI is InChI=1S/2C7H5ClO3.Ca/c2*8-4-1-2-6(9)5(3-4)7(10)11;/h2*1-3,9H,(H,10,11);/q;;+2/p-2. The van der Waals surface area contributed by atoms with Gasteiger partial charge in [-0.25, -0.2) is 9.59 Å². The van der Waals surface area contributed by atoms with E-state index >= 15 is 0 Å². The van der Waals surface area contributed by atoms with Crippen LogP contribution in [-0.4, -0.2) is 59.9 Å². The van der Waals surface area contributed by atoms with E-state index in [0.717, 1.165) is 24.3 Å². The predicted octanol–water partition coefficient (Wildman–Crippen LogP) is 1.84. The third-order valence-electron chi connectivity index (χ3n) is 2.34. The molecule has 0 saturated carbocycles. The van der Waals surface area contributed by atoms with Crippen molar-refractivity contribution in [2.75, 3.05) is 0 Å². The minimum atomic E-state index is -1.25. The second kappa shape index (κ2) is 9.85. The van der Waals surface area contributed by atoms with Crippen molar-refractivity contribution in [3.8, 4) is 11.5 Å². The summed E-state index contributed by atoms with van der Waals surface area (Å²) in [5.41, 5.74) is -0.588. The largest absolute Gasteiger partial charge is 2.00 e. The molecule has 0 unspecified atom stereocenters. The molecule has 0 saturated heterocycles. The van der Waals surface area contributed by atoms with Gasteiger partial charge in [0.25, 0.3) is 0 Å². The van der Waals surface area contributed by atoms with Gasteiger partial charge in [0.05, 0.1) is 11.1 Å². The van der Waals surface area contributed by atoms with Crippen molar-refractivity contribution in [2.45, 2.75) is 0 Å². The molecule has 2 N–H and O–H groups in total. The van der Waals surface area contributed by atoms with Gasteiger partial charge in [-0.15, -0.1) is 0 Å². The first-order valence-corrected chi connectivity index (χ1v) is 6.37. The molecule has 0 aliphatic carbocycles. The first-order chi connectivity index (χ1) is 10.2. The summed E-state index contributed by atoms with van der Waals surface area (Å²) in [5, 5.41) is 38.9. The zero-order valence-electron chi connectivity index (χ0n) is 11.5. The quantitative estimate of drug-likeness (QED) is 0.764. The molecule has 0 aromatic heterocycles. The van der Waals surface area contributed by atoms with Gasteiger partial charge >= 0.3 is 49.7 Å². The van der Waals surface area contributed by atoms with Gasteiger partial charge in [0.15, 0.2) is 0 Å². The number of hydrogen-bond donors (Lipinski definition) is 2. The Morgan fingerprint density at radius 2 is 1.09 bits per heavy atom. The summed E-state index contributed by atoms with van der Waals surface area (Å²) in [7, 11) is 0. The van der Waals surface area contributed by atoms with Gasteiger partial charge in [-0.1, -0.05) is 46.8 Å². The Morgan fingerprint density at radius 1 is 0.783 bits per heavy atom. The predicted molar refractivity (Wildman–Crippen MR) is 81.5 cm³/mol. The number of carboxylic acids is 2. The maximum atomic E-state index is 10.8. The van der Waals surface area contributed by atoms with Crippen LogP contribution in [0.5, 0.6) is 11.5 Å². The number of benzene rings is 2. The average molecular weight is 383 g/mol. The molecule has 23 heavy (non-hydrogen) atoms. The second-order valence-corrected chi connectivity index (χ2v) is 4.76. The van der Waals surface area contributed by atoms with Crippen molar-refractivity contribution in [3.05, 3.63) is 57.6 Å². The minimum Gasteiger partial charge on any atom is -0.872 e. The first kappa shape index (κ1) is 21.8. The van der Waals surface area contributed by atoms with E-state index in [1.54, 1.807) is 0 Å². The maximum absolute atomic E-state index is 10.8. The van der Waals surface area contributed by atoms with Crippen LogP contribution in [0.15, 0.2) is 36.4 Å². The minimum absolute atomic E-state index is 0. The molecule has 2 aromatic carbocycles. The van der Waals surface area contributed by atoms with Crippen molar-refractivity contribution in [1.29, 1.82) is 0 Å². The van der Waals surface area contributed by atoms with Gasteiger partial charge < -0.3 is 20.4 Å². The molecule has 9 heteroatoms. The smallest absolute Gasteiger partial charge is 0.872 e. The van der Waals surface area contributed by atoms with Crippen LogP contribution in [0, 0.1) is 0 Å². The molecule has 2 rings (SSSR count). The molecule has 0 fully saturated rings. The third kappa shape index (κ3) is 6.85. The van der Waals surface area contributed by atoms with Crippen LogP contribution in [0.2, 0.25) is 10.0 Å². The van der Waals surface area contributed by atoms with E-state index in [4.69, 9.17) is 33.4 Å². The van der Waals surface area contributed by atoms with E-state index in [0.29, 0.717) is 0 Å². The van der Waals surface area contributed by atoms with Crippen LogP contribution < -0.4 is 10.2 Å². The summed E-state index contributed by atoms with van der Waals surface area (Å²) in [6, 6.07) is 7.24. The summed E-state index contributed by atoms with van der Waals surface area (Å²) in [6.45, 7) is 0. The Hall–Kier alpha value is -1.18. The number of carbonyl (C=O) groups is 2. The van der Waals surface area contributed by atoms with Gasteiger partial charge in [-0.2, -0.15) is 0 Å². The third-order valence-corrected chi connectivity index (χ3v) is 2.81.